The molecule has 0 N–H and O–H groups in total. The Labute approximate surface area is 204 Å². The Balaban J connectivity index is 1.44. The van der Waals surface area contributed by atoms with E-state index in [-0.39, 0.29) is 28.0 Å². The van der Waals surface area contributed by atoms with E-state index >= 15 is 0 Å². The molecule has 8 heteroatoms. The molecule has 2 atom stereocenters. The normalized spacial score (nSPS) is 23.9. The van der Waals surface area contributed by atoms with E-state index in [1.165, 1.54) is 12.3 Å². The molecule has 3 aromatic rings. The maximum atomic E-state index is 14.5. The molecule has 6 nitrogen and oxygen atoms in total. The van der Waals surface area contributed by atoms with E-state index in [1.54, 1.807) is 41.3 Å². The number of benzene rings is 2. The van der Waals surface area contributed by atoms with Crippen LogP contribution in [-0.4, -0.2) is 37.3 Å². The molecule has 0 spiro atoms. The lowest BCUT2D eigenvalue weighted by Gasteiger charge is -2.39. The lowest BCUT2D eigenvalue weighted by molar-refractivity contribution is -0.127. The summed E-state index contributed by atoms with van der Waals surface area (Å²) in [6.45, 7) is 4.74. The van der Waals surface area contributed by atoms with E-state index in [0.717, 1.165) is 23.2 Å². The summed E-state index contributed by atoms with van der Waals surface area (Å²) in [5.74, 6) is -0.239. The van der Waals surface area contributed by atoms with Crippen LogP contribution >= 0.6 is 0 Å². The minimum absolute atomic E-state index is 0.0115. The molecule has 180 valence electrons. The van der Waals surface area contributed by atoms with Crippen molar-refractivity contribution in [2.75, 3.05) is 17.7 Å². The van der Waals surface area contributed by atoms with Gasteiger partial charge in [0.25, 0.3) is 0 Å². The maximum Gasteiger partial charge on any atom is 0.239 e. The van der Waals surface area contributed by atoms with E-state index in [0.29, 0.717) is 36.3 Å². The third kappa shape index (κ3) is 2.92. The van der Waals surface area contributed by atoms with E-state index in [1.807, 2.05) is 6.07 Å². The van der Waals surface area contributed by atoms with Crippen molar-refractivity contribution in [3.05, 3.63) is 71.2 Å². The van der Waals surface area contributed by atoms with Crippen LogP contribution < -0.4 is 4.90 Å². The molecule has 0 saturated heterocycles. The number of fused-ring (bicyclic) bond motifs is 6. The topological polar surface area (TPSA) is 80.2 Å². The average Bonchev–Trinajstić information content (AvgIpc) is 3.42. The van der Waals surface area contributed by atoms with E-state index in [2.05, 4.69) is 24.0 Å². The molecule has 1 fully saturated rings. The molecular weight excluding hydrogens is 465 g/mol. The summed E-state index contributed by atoms with van der Waals surface area (Å²) in [4.78, 5) is 16.4. The van der Waals surface area contributed by atoms with Crippen LogP contribution in [0.15, 0.2) is 53.4 Å². The number of carbonyl (C=O) groups excluding carboxylic acids is 1. The van der Waals surface area contributed by atoms with E-state index in [9.17, 15) is 17.6 Å². The SMILES string of the molecule is CC1(C)[C@@H]2CC[C@@]1(C(=O)N1CCc3cc(S(C)(=O)=O)ccc31)c1nnc(-c3ccccc3F)cc12. The molecule has 3 aliphatic rings. The van der Waals surface area contributed by atoms with Crippen molar-refractivity contribution in [3.63, 3.8) is 0 Å². The van der Waals surface area contributed by atoms with Crippen LogP contribution in [0.2, 0.25) is 0 Å². The van der Waals surface area contributed by atoms with Crippen molar-refractivity contribution < 1.29 is 17.6 Å². The first-order chi connectivity index (χ1) is 16.6. The molecule has 35 heavy (non-hydrogen) atoms. The number of nitrogens with zero attached hydrogens (tertiary/aromatic N) is 3. The van der Waals surface area contributed by atoms with Crippen LogP contribution in [0.5, 0.6) is 0 Å². The van der Waals surface area contributed by atoms with Crippen LogP contribution in [0, 0.1) is 11.2 Å². The number of anilines is 1. The van der Waals surface area contributed by atoms with Gasteiger partial charge in [-0.05, 0) is 78.1 Å². The maximum absolute atomic E-state index is 14.5. The molecule has 1 saturated carbocycles. The lowest BCUT2D eigenvalue weighted by Crippen LogP contribution is -2.51. The van der Waals surface area contributed by atoms with Gasteiger partial charge >= 0.3 is 0 Å². The van der Waals surface area contributed by atoms with Crippen molar-refractivity contribution in [2.45, 2.75) is 49.3 Å². The van der Waals surface area contributed by atoms with Crippen molar-refractivity contribution in [1.29, 1.82) is 0 Å². The number of hydrogen-bond acceptors (Lipinski definition) is 5. The van der Waals surface area contributed by atoms with Crippen LogP contribution in [0.1, 0.15) is 49.4 Å². The fourth-order valence-electron chi connectivity index (χ4n) is 6.65. The second-order valence-corrected chi connectivity index (χ2v) is 12.5. The number of hydrogen-bond donors (Lipinski definition) is 0. The second-order valence-electron chi connectivity index (χ2n) is 10.5. The van der Waals surface area contributed by atoms with Gasteiger partial charge in [-0.25, -0.2) is 12.8 Å². The van der Waals surface area contributed by atoms with Gasteiger partial charge in [-0.2, -0.15) is 10.2 Å². The average molecular weight is 492 g/mol. The van der Waals surface area contributed by atoms with Gasteiger partial charge in [0.15, 0.2) is 9.84 Å². The Bertz CT molecular complexity index is 1520. The highest BCUT2D eigenvalue weighted by Gasteiger charge is 2.68. The first-order valence-corrected chi connectivity index (χ1v) is 13.7. The number of rotatable bonds is 3. The zero-order chi connectivity index (χ0) is 24.8. The van der Waals surface area contributed by atoms with Crippen molar-refractivity contribution >= 4 is 21.4 Å². The van der Waals surface area contributed by atoms with Gasteiger partial charge in [0.05, 0.1) is 21.7 Å². The lowest BCUT2D eigenvalue weighted by atomic mass is 9.67. The molecule has 2 aliphatic carbocycles. The van der Waals surface area contributed by atoms with Crippen molar-refractivity contribution in [2.24, 2.45) is 5.41 Å². The van der Waals surface area contributed by atoms with Gasteiger partial charge in [0.1, 0.15) is 5.82 Å². The smallest absolute Gasteiger partial charge is 0.239 e. The van der Waals surface area contributed by atoms with Crippen LogP contribution in [0.4, 0.5) is 10.1 Å². The van der Waals surface area contributed by atoms with E-state index in [4.69, 9.17) is 0 Å². The summed E-state index contributed by atoms with van der Waals surface area (Å²) >= 11 is 0. The highest BCUT2D eigenvalue weighted by atomic mass is 32.2. The molecule has 1 aliphatic heterocycles. The minimum atomic E-state index is -3.32. The summed E-state index contributed by atoms with van der Waals surface area (Å²) in [7, 11) is -3.32. The molecule has 0 unspecified atom stereocenters. The van der Waals surface area contributed by atoms with Crippen molar-refractivity contribution in [3.8, 4) is 11.3 Å². The summed E-state index contributed by atoms with van der Waals surface area (Å²) in [5.41, 5.74) is 2.98. The van der Waals surface area contributed by atoms with Gasteiger partial charge in [-0.15, -0.1) is 0 Å². The van der Waals surface area contributed by atoms with Gasteiger partial charge in [0.2, 0.25) is 5.91 Å². The zero-order valence-electron chi connectivity index (χ0n) is 19.9. The Hall–Kier alpha value is -3.13. The van der Waals surface area contributed by atoms with Gasteiger partial charge in [-0.3, -0.25) is 4.79 Å². The Morgan fingerprint density at radius 2 is 1.89 bits per heavy atom. The number of amides is 1. The standard InChI is InChI=1S/C27H26FN3O3S/c1-26(2)20-10-12-27(26,24-19(20)15-22(29-30-24)18-6-4-5-7-21(18)28)25(32)31-13-11-16-14-17(35(3,33)34)8-9-23(16)31/h4-9,14-15,20H,10-13H2,1-3H3/t20-,27+/m1/s1. The quantitative estimate of drug-likeness (QED) is 0.542. The van der Waals surface area contributed by atoms with Crippen LogP contribution in [-0.2, 0) is 26.5 Å². The van der Waals surface area contributed by atoms with Gasteiger partial charge < -0.3 is 4.90 Å². The molecule has 2 heterocycles. The third-order valence-corrected chi connectivity index (χ3v) is 9.63. The van der Waals surface area contributed by atoms with Gasteiger partial charge in [-0.1, -0.05) is 26.0 Å². The Morgan fingerprint density at radius 3 is 2.63 bits per heavy atom. The highest BCUT2D eigenvalue weighted by molar-refractivity contribution is 7.90. The summed E-state index contributed by atoms with van der Waals surface area (Å²) in [6, 6.07) is 13.4. The van der Waals surface area contributed by atoms with Crippen LogP contribution in [0.3, 0.4) is 0 Å². The highest BCUT2D eigenvalue weighted by Crippen LogP contribution is 2.68. The molecular formula is C27H26FN3O3S. The summed E-state index contributed by atoms with van der Waals surface area (Å²) < 4.78 is 38.5. The Kier molecular flexibility index (Phi) is 4.59. The second kappa shape index (κ2) is 7.20. The number of halogens is 1. The molecule has 2 bridgehead atoms. The predicted octanol–water partition coefficient (Wildman–Crippen LogP) is 4.43. The molecule has 2 aromatic carbocycles. The summed E-state index contributed by atoms with van der Waals surface area (Å²) in [6.07, 6.45) is 3.32. The molecule has 1 amide bonds. The number of sulfone groups is 1. The van der Waals surface area contributed by atoms with Crippen LogP contribution in [0.25, 0.3) is 11.3 Å². The fraction of sp³-hybridized carbons (Fsp3) is 0.370. The third-order valence-electron chi connectivity index (χ3n) is 8.52. The minimum Gasteiger partial charge on any atom is -0.311 e. The van der Waals surface area contributed by atoms with Crippen molar-refractivity contribution in [1.82, 2.24) is 10.2 Å². The molecule has 6 rings (SSSR count). The monoisotopic (exact) mass is 491 g/mol. The molecule has 0 radical (unpaired) electrons. The number of aromatic nitrogens is 2. The first-order valence-electron chi connectivity index (χ1n) is 11.8. The summed E-state index contributed by atoms with van der Waals surface area (Å²) in [5, 5.41) is 8.95. The Morgan fingerprint density at radius 1 is 1.11 bits per heavy atom. The van der Waals surface area contributed by atoms with E-state index < -0.39 is 15.3 Å². The fourth-order valence-corrected chi connectivity index (χ4v) is 7.32. The largest absolute Gasteiger partial charge is 0.311 e. The molecule has 1 aromatic heterocycles. The first kappa shape index (κ1) is 22.3. The van der Waals surface area contributed by atoms with Gasteiger partial charge in [0, 0.05) is 24.1 Å². The zero-order valence-corrected chi connectivity index (χ0v) is 20.7. The predicted molar refractivity (Wildman–Crippen MR) is 130 cm³/mol. The number of carbonyl (C=O) groups is 1.